The molecule has 5 heteroatoms. The predicted molar refractivity (Wildman–Crippen MR) is 72.4 cm³/mol. The van der Waals surface area contributed by atoms with Crippen molar-refractivity contribution in [2.75, 3.05) is 11.9 Å². The lowest BCUT2D eigenvalue weighted by molar-refractivity contribution is -0.157. The number of carbonyl (C=O) groups excluding carboxylic acids is 2. The van der Waals surface area contributed by atoms with E-state index in [2.05, 4.69) is 10.3 Å². The van der Waals surface area contributed by atoms with Crippen molar-refractivity contribution in [1.82, 2.24) is 9.88 Å². The van der Waals surface area contributed by atoms with E-state index in [9.17, 15) is 9.59 Å². The number of carbonyl (C=O) groups is 2. The highest BCUT2D eigenvalue weighted by Gasteiger charge is 2.49. The summed E-state index contributed by atoms with van der Waals surface area (Å²) in [5, 5.41) is 2.76. The highest BCUT2D eigenvalue weighted by Crippen LogP contribution is 2.32. The molecule has 1 aliphatic rings. The van der Waals surface area contributed by atoms with E-state index in [4.69, 9.17) is 0 Å². The Kier molecular flexibility index (Phi) is 3.55. The normalized spacial score (nSPS) is 22.0. The van der Waals surface area contributed by atoms with Gasteiger partial charge in [0.1, 0.15) is 11.4 Å². The molecule has 0 spiro atoms. The van der Waals surface area contributed by atoms with Gasteiger partial charge in [0.15, 0.2) is 0 Å². The number of aromatic nitrogens is 1. The van der Waals surface area contributed by atoms with Crippen LogP contribution in [0.15, 0.2) is 24.4 Å². The summed E-state index contributed by atoms with van der Waals surface area (Å²) in [4.78, 5) is 30.0. The molecule has 2 heterocycles. The van der Waals surface area contributed by atoms with Crippen molar-refractivity contribution in [2.45, 2.75) is 32.7 Å². The van der Waals surface area contributed by atoms with E-state index in [1.165, 1.54) is 0 Å². The monoisotopic (exact) mass is 261 g/mol. The molecule has 1 aliphatic heterocycles. The van der Waals surface area contributed by atoms with Crippen molar-refractivity contribution in [3.05, 3.63) is 24.4 Å². The highest BCUT2D eigenvalue weighted by atomic mass is 16.2. The molecule has 0 saturated carbocycles. The molecular weight excluding hydrogens is 242 g/mol. The van der Waals surface area contributed by atoms with Crippen LogP contribution < -0.4 is 5.32 Å². The minimum atomic E-state index is -0.751. The number of hydrogen-bond donors (Lipinski definition) is 1. The maximum absolute atomic E-state index is 12.3. The molecule has 102 valence electrons. The predicted octanol–water partition coefficient (Wildman–Crippen LogP) is 1.67. The average molecular weight is 261 g/mol. The Labute approximate surface area is 113 Å². The van der Waals surface area contributed by atoms with Gasteiger partial charge in [0, 0.05) is 18.7 Å². The van der Waals surface area contributed by atoms with E-state index in [0.717, 1.165) is 0 Å². The van der Waals surface area contributed by atoms with Gasteiger partial charge in [-0.1, -0.05) is 19.9 Å². The third-order valence-electron chi connectivity index (χ3n) is 3.57. The number of nitrogens with zero attached hydrogens (tertiary/aromatic N) is 2. The van der Waals surface area contributed by atoms with E-state index in [-0.39, 0.29) is 17.7 Å². The summed E-state index contributed by atoms with van der Waals surface area (Å²) in [6.07, 6.45) is 2.31. The van der Waals surface area contributed by atoms with Gasteiger partial charge < -0.3 is 10.2 Å². The molecule has 1 unspecified atom stereocenters. The fraction of sp³-hybridized carbons (Fsp3) is 0.500. The maximum atomic E-state index is 12.3. The van der Waals surface area contributed by atoms with Crippen LogP contribution >= 0.6 is 0 Å². The van der Waals surface area contributed by atoms with Gasteiger partial charge in [-0.25, -0.2) is 4.98 Å². The second-order valence-electron chi connectivity index (χ2n) is 5.34. The molecule has 1 atom stereocenters. The first-order chi connectivity index (χ1) is 8.95. The van der Waals surface area contributed by atoms with E-state index in [0.29, 0.717) is 18.8 Å². The van der Waals surface area contributed by atoms with Crippen LogP contribution in [0, 0.1) is 5.92 Å². The summed E-state index contributed by atoms with van der Waals surface area (Å²) in [6, 6.07) is 5.33. The molecule has 0 bridgehead atoms. The Morgan fingerprint density at radius 3 is 2.63 bits per heavy atom. The number of pyridine rings is 1. The molecule has 0 radical (unpaired) electrons. The quantitative estimate of drug-likeness (QED) is 0.900. The van der Waals surface area contributed by atoms with Gasteiger partial charge in [-0.15, -0.1) is 0 Å². The van der Waals surface area contributed by atoms with Crippen molar-refractivity contribution in [2.24, 2.45) is 5.92 Å². The zero-order chi connectivity index (χ0) is 14.0. The van der Waals surface area contributed by atoms with Gasteiger partial charge in [-0.2, -0.15) is 0 Å². The van der Waals surface area contributed by atoms with Crippen LogP contribution in [-0.2, 0) is 9.59 Å². The first kappa shape index (κ1) is 13.5. The highest BCUT2D eigenvalue weighted by molar-refractivity contribution is 6.01. The number of amides is 2. The van der Waals surface area contributed by atoms with Crippen LogP contribution in [0.1, 0.15) is 27.2 Å². The fourth-order valence-corrected chi connectivity index (χ4v) is 2.15. The zero-order valence-corrected chi connectivity index (χ0v) is 11.5. The molecule has 0 aromatic carbocycles. The summed E-state index contributed by atoms with van der Waals surface area (Å²) in [6.45, 7) is 6.13. The van der Waals surface area contributed by atoms with E-state index < -0.39 is 5.54 Å². The third kappa shape index (κ3) is 2.45. The molecule has 1 fully saturated rings. The van der Waals surface area contributed by atoms with Crippen LogP contribution in [-0.4, -0.2) is 33.8 Å². The van der Waals surface area contributed by atoms with Crippen LogP contribution in [0.4, 0.5) is 5.82 Å². The molecule has 5 nitrogen and oxygen atoms in total. The standard InChI is InChI=1S/C14H19N3O2/c1-10(2)12(18)17-9-7-14(17,3)13(19)16-11-6-4-5-8-15-11/h4-6,8,10H,7,9H2,1-3H3,(H,15,16,19). The second kappa shape index (κ2) is 4.99. The van der Waals surface area contributed by atoms with Gasteiger partial charge in [0.2, 0.25) is 5.91 Å². The smallest absolute Gasteiger partial charge is 0.251 e. The summed E-state index contributed by atoms with van der Waals surface area (Å²) >= 11 is 0. The topological polar surface area (TPSA) is 62.3 Å². The fourth-order valence-electron chi connectivity index (χ4n) is 2.15. The Balaban J connectivity index is 2.08. The Morgan fingerprint density at radius 1 is 1.42 bits per heavy atom. The number of nitrogens with one attached hydrogen (secondary N) is 1. The summed E-state index contributed by atoms with van der Waals surface area (Å²) in [7, 11) is 0. The molecule has 2 amide bonds. The number of likely N-dealkylation sites (tertiary alicyclic amines) is 1. The largest absolute Gasteiger partial charge is 0.328 e. The van der Waals surface area contributed by atoms with Crippen molar-refractivity contribution < 1.29 is 9.59 Å². The first-order valence-corrected chi connectivity index (χ1v) is 6.49. The Hall–Kier alpha value is -1.91. The van der Waals surface area contributed by atoms with Crippen molar-refractivity contribution in [1.29, 1.82) is 0 Å². The number of rotatable bonds is 3. The SMILES string of the molecule is CC(C)C(=O)N1CCC1(C)C(=O)Nc1ccccn1. The second-order valence-corrected chi connectivity index (χ2v) is 5.34. The van der Waals surface area contributed by atoms with Gasteiger partial charge in [-0.3, -0.25) is 9.59 Å². The van der Waals surface area contributed by atoms with Gasteiger partial charge in [-0.05, 0) is 25.5 Å². The summed E-state index contributed by atoms with van der Waals surface area (Å²) < 4.78 is 0. The minimum absolute atomic E-state index is 0.0184. The Morgan fingerprint density at radius 2 is 2.16 bits per heavy atom. The Bertz CT molecular complexity index is 487. The van der Waals surface area contributed by atoms with Crippen LogP contribution in [0.25, 0.3) is 0 Å². The molecule has 1 aromatic heterocycles. The molecule has 1 N–H and O–H groups in total. The van der Waals surface area contributed by atoms with Gasteiger partial charge >= 0.3 is 0 Å². The van der Waals surface area contributed by atoms with Crippen LogP contribution in [0.3, 0.4) is 0 Å². The van der Waals surface area contributed by atoms with E-state index in [1.54, 1.807) is 30.2 Å². The summed E-state index contributed by atoms with van der Waals surface area (Å²) in [5.74, 6) is 0.260. The first-order valence-electron chi connectivity index (χ1n) is 6.49. The minimum Gasteiger partial charge on any atom is -0.328 e. The van der Waals surface area contributed by atoms with Gasteiger partial charge in [0.05, 0.1) is 0 Å². The van der Waals surface area contributed by atoms with Gasteiger partial charge in [0.25, 0.3) is 5.91 Å². The molecule has 1 aromatic rings. The molecule has 1 saturated heterocycles. The molecule has 19 heavy (non-hydrogen) atoms. The van der Waals surface area contributed by atoms with E-state index >= 15 is 0 Å². The van der Waals surface area contributed by atoms with Crippen molar-refractivity contribution in [3.8, 4) is 0 Å². The average Bonchev–Trinajstić information content (AvgIpc) is 2.37. The molecular formula is C14H19N3O2. The maximum Gasteiger partial charge on any atom is 0.251 e. The van der Waals surface area contributed by atoms with Crippen LogP contribution in [0.5, 0.6) is 0 Å². The van der Waals surface area contributed by atoms with Crippen LogP contribution in [0.2, 0.25) is 0 Å². The lowest BCUT2D eigenvalue weighted by Crippen LogP contribution is -2.66. The van der Waals surface area contributed by atoms with Crippen molar-refractivity contribution >= 4 is 17.6 Å². The zero-order valence-electron chi connectivity index (χ0n) is 11.5. The lowest BCUT2D eigenvalue weighted by Gasteiger charge is -2.49. The third-order valence-corrected chi connectivity index (χ3v) is 3.57. The number of hydrogen-bond acceptors (Lipinski definition) is 3. The lowest BCUT2D eigenvalue weighted by atomic mass is 9.84. The summed E-state index contributed by atoms with van der Waals surface area (Å²) in [5.41, 5.74) is -0.751. The van der Waals surface area contributed by atoms with Crippen molar-refractivity contribution in [3.63, 3.8) is 0 Å². The molecule has 2 rings (SSSR count). The number of anilines is 1. The van der Waals surface area contributed by atoms with E-state index in [1.807, 2.05) is 19.9 Å². The molecule has 0 aliphatic carbocycles.